The highest BCUT2D eigenvalue weighted by atomic mass is 16.6. The molecule has 0 fully saturated rings. The fourth-order valence-electron chi connectivity index (χ4n) is 1.82. The molecule has 2 rings (SSSR count). The maximum atomic E-state index is 11.9. The minimum absolute atomic E-state index is 0.0226. The standard InChI is InChI=1S/C14H16N2O4/c1-8(2)9-3-5-10(6-4-9)15-13(17)12-7-11(14(18)19)16-20-12/h3-6,8,12H,7H2,1-2H3,(H,15,17)(H,18,19). The predicted octanol–water partition coefficient (Wildman–Crippen LogP) is 1.98. The lowest BCUT2D eigenvalue weighted by atomic mass is 10.0. The molecule has 20 heavy (non-hydrogen) atoms. The molecule has 1 heterocycles. The molecule has 6 heteroatoms. The number of anilines is 1. The molecule has 6 nitrogen and oxygen atoms in total. The van der Waals surface area contributed by atoms with Crippen molar-refractivity contribution in [1.29, 1.82) is 0 Å². The molecule has 0 radical (unpaired) electrons. The summed E-state index contributed by atoms with van der Waals surface area (Å²) in [7, 11) is 0. The van der Waals surface area contributed by atoms with Gasteiger partial charge in [-0.3, -0.25) is 4.79 Å². The Hall–Kier alpha value is -2.37. The van der Waals surface area contributed by atoms with Gasteiger partial charge in [0, 0.05) is 12.1 Å². The smallest absolute Gasteiger partial charge is 0.353 e. The van der Waals surface area contributed by atoms with Crippen LogP contribution < -0.4 is 5.32 Å². The first-order chi connectivity index (χ1) is 9.47. The molecular weight excluding hydrogens is 260 g/mol. The number of aliphatic carboxylic acids is 1. The number of oxime groups is 1. The second kappa shape index (κ2) is 5.73. The van der Waals surface area contributed by atoms with Crippen molar-refractivity contribution in [3.8, 4) is 0 Å². The molecule has 1 aliphatic rings. The number of hydrogen-bond acceptors (Lipinski definition) is 4. The Balaban J connectivity index is 1.94. The molecule has 1 aromatic rings. The molecule has 106 valence electrons. The van der Waals surface area contributed by atoms with Crippen molar-refractivity contribution in [2.75, 3.05) is 5.32 Å². The second-order valence-corrected chi connectivity index (χ2v) is 4.91. The molecule has 0 spiro atoms. The maximum absolute atomic E-state index is 11.9. The van der Waals surface area contributed by atoms with Gasteiger partial charge < -0.3 is 15.3 Å². The summed E-state index contributed by atoms with van der Waals surface area (Å²) in [4.78, 5) is 27.4. The largest absolute Gasteiger partial charge is 0.477 e. The Morgan fingerprint density at radius 2 is 2.00 bits per heavy atom. The van der Waals surface area contributed by atoms with Crippen LogP contribution in [0.25, 0.3) is 0 Å². The van der Waals surface area contributed by atoms with Gasteiger partial charge in [0.1, 0.15) is 0 Å². The van der Waals surface area contributed by atoms with Crippen LogP contribution in [-0.4, -0.2) is 28.8 Å². The summed E-state index contributed by atoms with van der Waals surface area (Å²) < 4.78 is 0. The molecule has 0 saturated heterocycles. The van der Waals surface area contributed by atoms with Crippen LogP contribution in [0.2, 0.25) is 0 Å². The highest BCUT2D eigenvalue weighted by Crippen LogP contribution is 2.18. The Morgan fingerprint density at radius 1 is 1.35 bits per heavy atom. The maximum Gasteiger partial charge on any atom is 0.353 e. The molecular formula is C14H16N2O4. The Bertz CT molecular complexity index is 549. The molecule has 1 aliphatic heterocycles. The van der Waals surface area contributed by atoms with Crippen LogP contribution in [0.15, 0.2) is 29.4 Å². The molecule has 0 aliphatic carbocycles. The Morgan fingerprint density at radius 3 is 2.50 bits per heavy atom. The topological polar surface area (TPSA) is 88.0 Å². The second-order valence-electron chi connectivity index (χ2n) is 4.91. The lowest BCUT2D eigenvalue weighted by Crippen LogP contribution is -2.28. The fourth-order valence-corrected chi connectivity index (χ4v) is 1.82. The number of carboxylic acids is 1. The van der Waals surface area contributed by atoms with E-state index in [0.29, 0.717) is 11.6 Å². The lowest BCUT2D eigenvalue weighted by Gasteiger charge is -2.10. The van der Waals surface area contributed by atoms with E-state index >= 15 is 0 Å². The fraction of sp³-hybridized carbons (Fsp3) is 0.357. The number of amides is 1. The van der Waals surface area contributed by atoms with E-state index in [9.17, 15) is 9.59 Å². The first-order valence-corrected chi connectivity index (χ1v) is 6.34. The van der Waals surface area contributed by atoms with Gasteiger partial charge in [-0.25, -0.2) is 4.79 Å². The molecule has 1 aromatic carbocycles. The van der Waals surface area contributed by atoms with E-state index in [-0.39, 0.29) is 12.1 Å². The summed E-state index contributed by atoms with van der Waals surface area (Å²) in [6, 6.07) is 7.49. The number of carbonyl (C=O) groups excluding carboxylic acids is 1. The molecule has 1 atom stereocenters. The van der Waals surface area contributed by atoms with E-state index in [1.807, 2.05) is 12.1 Å². The van der Waals surface area contributed by atoms with Gasteiger partial charge in [0.05, 0.1) is 0 Å². The van der Waals surface area contributed by atoms with Crippen LogP contribution >= 0.6 is 0 Å². The van der Waals surface area contributed by atoms with Crippen LogP contribution in [0.4, 0.5) is 5.69 Å². The van der Waals surface area contributed by atoms with Crippen LogP contribution in [0.3, 0.4) is 0 Å². The summed E-state index contributed by atoms with van der Waals surface area (Å²) in [6.45, 7) is 4.18. The van der Waals surface area contributed by atoms with Crippen LogP contribution in [0, 0.1) is 0 Å². The zero-order valence-electron chi connectivity index (χ0n) is 11.3. The Kier molecular flexibility index (Phi) is 4.02. The highest BCUT2D eigenvalue weighted by Gasteiger charge is 2.31. The van der Waals surface area contributed by atoms with Crippen molar-refractivity contribution in [2.24, 2.45) is 5.16 Å². The van der Waals surface area contributed by atoms with E-state index in [0.717, 1.165) is 0 Å². The molecule has 1 amide bonds. The minimum Gasteiger partial charge on any atom is -0.477 e. The monoisotopic (exact) mass is 276 g/mol. The number of carbonyl (C=O) groups is 2. The van der Waals surface area contributed by atoms with E-state index in [4.69, 9.17) is 9.94 Å². The summed E-state index contributed by atoms with van der Waals surface area (Å²) in [5, 5.41) is 14.8. The summed E-state index contributed by atoms with van der Waals surface area (Å²) in [5.41, 5.74) is 1.68. The lowest BCUT2D eigenvalue weighted by molar-refractivity contribution is -0.129. The van der Waals surface area contributed by atoms with E-state index in [2.05, 4.69) is 24.3 Å². The van der Waals surface area contributed by atoms with Crippen molar-refractivity contribution in [3.05, 3.63) is 29.8 Å². The van der Waals surface area contributed by atoms with Gasteiger partial charge in [0.25, 0.3) is 5.91 Å². The first kappa shape index (κ1) is 14.0. The van der Waals surface area contributed by atoms with E-state index < -0.39 is 18.0 Å². The number of nitrogens with one attached hydrogen (secondary N) is 1. The number of rotatable bonds is 4. The van der Waals surface area contributed by atoms with Crippen LogP contribution in [-0.2, 0) is 14.4 Å². The minimum atomic E-state index is -1.17. The zero-order chi connectivity index (χ0) is 14.7. The van der Waals surface area contributed by atoms with Crippen molar-refractivity contribution in [1.82, 2.24) is 0 Å². The average Bonchev–Trinajstić information content (AvgIpc) is 2.89. The quantitative estimate of drug-likeness (QED) is 0.880. The molecule has 0 bridgehead atoms. The molecule has 0 aromatic heterocycles. The summed E-state index contributed by atoms with van der Waals surface area (Å²) in [6.07, 6.45) is -0.906. The first-order valence-electron chi connectivity index (χ1n) is 6.34. The summed E-state index contributed by atoms with van der Waals surface area (Å²) >= 11 is 0. The average molecular weight is 276 g/mol. The van der Waals surface area contributed by atoms with Gasteiger partial charge in [-0.2, -0.15) is 0 Å². The van der Waals surface area contributed by atoms with Gasteiger partial charge in [0.15, 0.2) is 5.71 Å². The number of carboxylic acid groups (broad SMARTS) is 1. The highest BCUT2D eigenvalue weighted by molar-refractivity contribution is 6.36. The number of nitrogens with zero attached hydrogens (tertiary/aromatic N) is 1. The van der Waals surface area contributed by atoms with Crippen LogP contribution in [0.1, 0.15) is 31.7 Å². The van der Waals surface area contributed by atoms with Crippen molar-refractivity contribution < 1.29 is 19.5 Å². The molecule has 2 N–H and O–H groups in total. The van der Waals surface area contributed by atoms with Gasteiger partial charge in [-0.1, -0.05) is 31.1 Å². The SMILES string of the molecule is CC(C)c1ccc(NC(=O)C2CC(C(=O)O)=NO2)cc1. The van der Waals surface area contributed by atoms with E-state index in [1.54, 1.807) is 12.1 Å². The van der Waals surface area contributed by atoms with Gasteiger partial charge in [-0.15, -0.1) is 0 Å². The van der Waals surface area contributed by atoms with Crippen molar-refractivity contribution >= 4 is 23.3 Å². The van der Waals surface area contributed by atoms with Gasteiger partial charge in [0.2, 0.25) is 6.10 Å². The van der Waals surface area contributed by atoms with Gasteiger partial charge in [-0.05, 0) is 23.6 Å². The Labute approximate surface area is 116 Å². The molecule has 0 saturated carbocycles. The summed E-state index contributed by atoms with van der Waals surface area (Å²) in [5.74, 6) is -1.15. The third-order valence-electron chi connectivity index (χ3n) is 3.05. The number of hydrogen-bond donors (Lipinski definition) is 2. The van der Waals surface area contributed by atoms with E-state index in [1.165, 1.54) is 5.56 Å². The number of benzene rings is 1. The van der Waals surface area contributed by atoms with Crippen molar-refractivity contribution in [3.63, 3.8) is 0 Å². The van der Waals surface area contributed by atoms with Gasteiger partial charge >= 0.3 is 5.97 Å². The zero-order valence-corrected chi connectivity index (χ0v) is 11.3. The third-order valence-corrected chi connectivity index (χ3v) is 3.05. The van der Waals surface area contributed by atoms with Crippen molar-refractivity contribution in [2.45, 2.75) is 32.3 Å². The third kappa shape index (κ3) is 3.14. The molecule has 1 unspecified atom stereocenters. The predicted molar refractivity (Wildman–Crippen MR) is 73.7 cm³/mol. The van der Waals surface area contributed by atoms with Crippen LogP contribution in [0.5, 0.6) is 0 Å². The normalized spacial score (nSPS) is 17.6.